The van der Waals surface area contributed by atoms with Gasteiger partial charge in [-0.1, -0.05) is 12.1 Å². The van der Waals surface area contributed by atoms with Crippen LogP contribution in [-0.4, -0.2) is 70.7 Å². The van der Waals surface area contributed by atoms with Gasteiger partial charge in [-0.05, 0) is 67.5 Å². The maximum absolute atomic E-state index is 13.0. The molecule has 8 heteroatoms. The van der Waals surface area contributed by atoms with Gasteiger partial charge in [0.1, 0.15) is 0 Å². The Bertz CT molecular complexity index is 1210. The number of nitrogens with zero attached hydrogens (tertiary/aromatic N) is 4. The van der Waals surface area contributed by atoms with Gasteiger partial charge >= 0.3 is 6.03 Å². The molecular weight excluding hydrogens is 430 g/mol. The van der Waals surface area contributed by atoms with Crippen molar-refractivity contribution in [1.29, 1.82) is 0 Å². The number of amides is 3. The maximum Gasteiger partial charge on any atom is 0.321 e. The molecular formula is C26H31N5O3. The number of carbonyl (C=O) groups excluding carboxylic acids is 2. The molecule has 2 aliphatic heterocycles. The summed E-state index contributed by atoms with van der Waals surface area (Å²) in [6.45, 7) is 7.80. The predicted molar refractivity (Wildman–Crippen MR) is 130 cm³/mol. The van der Waals surface area contributed by atoms with Crippen molar-refractivity contribution in [2.24, 2.45) is 0 Å². The molecule has 1 aromatic carbocycles. The highest BCUT2D eigenvalue weighted by Gasteiger charge is 2.26. The fourth-order valence-corrected chi connectivity index (χ4v) is 4.83. The number of piperidine rings is 1. The van der Waals surface area contributed by atoms with Crippen molar-refractivity contribution in [3.05, 3.63) is 65.0 Å². The highest BCUT2D eigenvalue weighted by atomic mass is 16.5. The number of ether oxygens (including phenoxy) is 1. The standard InChI is InChI=1S/C26H31N5O3/c1-18-3-4-19(2)23(15-18)28-26(33)30-8-5-20(6-9-30)21-7-10-31-24(16-21)22(17-27-31)25(32)29-11-13-34-14-12-29/h3-4,7,10,15-17,20H,5-6,8-9,11-14H2,1-2H3,(H,28,33). The zero-order chi connectivity index (χ0) is 23.7. The van der Waals surface area contributed by atoms with Crippen molar-refractivity contribution < 1.29 is 14.3 Å². The molecule has 2 saturated heterocycles. The highest BCUT2D eigenvalue weighted by Crippen LogP contribution is 2.30. The van der Waals surface area contributed by atoms with E-state index in [2.05, 4.69) is 22.5 Å². The van der Waals surface area contributed by atoms with Gasteiger partial charge in [-0.15, -0.1) is 0 Å². The first-order valence-corrected chi connectivity index (χ1v) is 12.0. The second-order valence-corrected chi connectivity index (χ2v) is 9.26. The third-order valence-corrected chi connectivity index (χ3v) is 6.96. The highest BCUT2D eigenvalue weighted by molar-refractivity contribution is 6.00. The fraction of sp³-hybridized carbons (Fsp3) is 0.423. The lowest BCUT2D eigenvalue weighted by atomic mass is 9.89. The van der Waals surface area contributed by atoms with E-state index in [-0.39, 0.29) is 11.9 Å². The molecule has 0 aliphatic carbocycles. The molecule has 4 heterocycles. The molecule has 0 atom stereocenters. The number of benzene rings is 1. The van der Waals surface area contributed by atoms with E-state index in [9.17, 15) is 9.59 Å². The van der Waals surface area contributed by atoms with Crippen LogP contribution in [0, 0.1) is 13.8 Å². The fourth-order valence-electron chi connectivity index (χ4n) is 4.83. The summed E-state index contributed by atoms with van der Waals surface area (Å²) in [6.07, 6.45) is 5.37. The number of hydrogen-bond donors (Lipinski definition) is 1. The molecule has 5 rings (SSSR count). The minimum Gasteiger partial charge on any atom is -0.378 e. The molecule has 1 N–H and O–H groups in total. The van der Waals surface area contributed by atoms with E-state index in [0.717, 1.165) is 35.2 Å². The van der Waals surface area contributed by atoms with E-state index < -0.39 is 0 Å². The smallest absolute Gasteiger partial charge is 0.321 e. The summed E-state index contributed by atoms with van der Waals surface area (Å²) in [4.78, 5) is 29.6. The van der Waals surface area contributed by atoms with Crippen LogP contribution in [0.15, 0.2) is 42.7 Å². The third-order valence-electron chi connectivity index (χ3n) is 6.96. The minimum absolute atomic E-state index is 0.00776. The molecule has 3 aromatic rings. The van der Waals surface area contributed by atoms with Crippen molar-refractivity contribution in [3.8, 4) is 0 Å². The Morgan fingerprint density at radius 2 is 1.76 bits per heavy atom. The Hall–Kier alpha value is -3.39. The number of morpholine rings is 1. The Labute approximate surface area is 199 Å². The monoisotopic (exact) mass is 461 g/mol. The van der Waals surface area contributed by atoms with E-state index in [0.29, 0.717) is 50.9 Å². The van der Waals surface area contributed by atoms with Crippen LogP contribution < -0.4 is 5.32 Å². The number of likely N-dealkylation sites (tertiary alicyclic amines) is 1. The molecule has 0 unspecified atom stereocenters. The van der Waals surface area contributed by atoms with E-state index in [1.54, 1.807) is 10.7 Å². The number of aryl methyl sites for hydroxylation is 2. The van der Waals surface area contributed by atoms with Crippen molar-refractivity contribution in [3.63, 3.8) is 0 Å². The lowest BCUT2D eigenvalue weighted by molar-refractivity contribution is 0.0304. The SMILES string of the molecule is Cc1ccc(C)c(NC(=O)N2CCC(c3ccn4ncc(C(=O)N5CCOCC5)c4c3)CC2)c1. The first-order chi connectivity index (χ1) is 16.5. The summed E-state index contributed by atoms with van der Waals surface area (Å²) in [5.41, 5.74) is 5.72. The lowest BCUT2D eigenvalue weighted by Crippen LogP contribution is -2.40. The molecule has 3 amide bonds. The van der Waals surface area contributed by atoms with Gasteiger partial charge in [0.05, 0.1) is 30.5 Å². The van der Waals surface area contributed by atoms with Crippen LogP contribution in [0.1, 0.15) is 45.8 Å². The van der Waals surface area contributed by atoms with E-state index in [1.807, 2.05) is 48.0 Å². The largest absolute Gasteiger partial charge is 0.378 e. The normalized spacial score (nSPS) is 17.2. The van der Waals surface area contributed by atoms with Gasteiger partial charge in [0.15, 0.2) is 0 Å². The number of anilines is 1. The van der Waals surface area contributed by atoms with Gasteiger partial charge in [-0.25, -0.2) is 9.31 Å². The van der Waals surface area contributed by atoms with Crippen molar-refractivity contribution in [2.45, 2.75) is 32.6 Å². The number of pyridine rings is 1. The Morgan fingerprint density at radius 1 is 1.00 bits per heavy atom. The number of hydrogen-bond acceptors (Lipinski definition) is 4. The van der Waals surface area contributed by atoms with Gasteiger partial charge < -0.3 is 19.9 Å². The average molecular weight is 462 g/mol. The summed E-state index contributed by atoms with van der Waals surface area (Å²) in [7, 11) is 0. The number of aromatic nitrogens is 2. The molecule has 2 aromatic heterocycles. The van der Waals surface area contributed by atoms with Crippen molar-refractivity contribution >= 4 is 23.1 Å². The second kappa shape index (κ2) is 9.46. The molecule has 2 aliphatic rings. The van der Waals surface area contributed by atoms with E-state index >= 15 is 0 Å². The molecule has 178 valence electrons. The number of rotatable bonds is 3. The summed E-state index contributed by atoms with van der Waals surface area (Å²) in [6, 6.07) is 10.2. The Morgan fingerprint density at radius 3 is 2.53 bits per heavy atom. The summed E-state index contributed by atoms with van der Waals surface area (Å²) >= 11 is 0. The van der Waals surface area contributed by atoms with Crippen LogP contribution in [-0.2, 0) is 4.74 Å². The molecule has 34 heavy (non-hydrogen) atoms. The third kappa shape index (κ3) is 4.50. The van der Waals surface area contributed by atoms with Crippen LogP contribution in [0.5, 0.6) is 0 Å². The van der Waals surface area contributed by atoms with Gasteiger partial charge in [-0.2, -0.15) is 5.10 Å². The summed E-state index contributed by atoms with van der Waals surface area (Å²) in [5.74, 6) is 0.351. The molecule has 0 saturated carbocycles. The van der Waals surface area contributed by atoms with Crippen LogP contribution in [0.4, 0.5) is 10.5 Å². The molecule has 0 radical (unpaired) electrons. The van der Waals surface area contributed by atoms with E-state index in [4.69, 9.17) is 4.74 Å². The quantitative estimate of drug-likeness (QED) is 0.643. The first kappa shape index (κ1) is 22.4. The van der Waals surface area contributed by atoms with Gasteiger partial charge in [-0.3, -0.25) is 4.79 Å². The number of fused-ring (bicyclic) bond motifs is 1. The minimum atomic E-state index is -0.0446. The first-order valence-electron chi connectivity index (χ1n) is 12.0. The zero-order valence-electron chi connectivity index (χ0n) is 19.8. The van der Waals surface area contributed by atoms with Gasteiger partial charge in [0.25, 0.3) is 5.91 Å². The van der Waals surface area contributed by atoms with Crippen LogP contribution in [0.25, 0.3) is 5.52 Å². The maximum atomic E-state index is 13.0. The molecule has 8 nitrogen and oxygen atoms in total. The zero-order valence-corrected chi connectivity index (χ0v) is 19.8. The van der Waals surface area contributed by atoms with Crippen molar-refractivity contribution in [2.75, 3.05) is 44.7 Å². The Kier molecular flexibility index (Phi) is 6.24. The van der Waals surface area contributed by atoms with E-state index in [1.165, 1.54) is 5.56 Å². The molecule has 2 fully saturated rings. The number of nitrogens with one attached hydrogen (secondary N) is 1. The topological polar surface area (TPSA) is 79.2 Å². The average Bonchev–Trinajstić information content (AvgIpc) is 3.29. The summed E-state index contributed by atoms with van der Waals surface area (Å²) in [5, 5.41) is 7.46. The van der Waals surface area contributed by atoms with Crippen molar-refractivity contribution in [1.82, 2.24) is 19.4 Å². The van der Waals surface area contributed by atoms with Crippen LogP contribution in [0.2, 0.25) is 0 Å². The summed E-state index contributed by atoms with van der Waals surface area (Å²) < 4.78 is 7.14. The molecule has 0 bridgehead atoms. The molecule has 0 spiro atoms. The second-order valence-electron chi connectivity index (χ2n) is 9.26. The van der Waals surface area contributed by atoms with Gasteiger partial charge in [0, 0.05) is 38.1 Å². The van der Waals surface area contributed by atoms with Crippen LogP contribution >= 0.6 is 0 Å². The van der Waals surface area contributed by atoms with Crippen LogP contribution in [0.3, 0.4) is 0 Å². The predicted octanol–water partition coefficient (Wildman–Crippen LogP) is 3.84. The lowest BCUT2D eigenvalue weighted by Gasteiger charge is -2.32. The number of urea groups is 1. The Balaban J connectivity index is 1.26. The van der Waals surface area contributed by atoms with Gasteiger partial charge in [0.2, 0.25) is 0 Å². The number of carbonyl (C=O) groups is 2.